The van der Waals surface area contributed by atoms with Gasteiger partial charge >= 0.3 is 12.0 Å². The number of imide groups is 1. The average Bonchev–Trinajstić information content (AvgIpc) is 3.34. The van der Waals surface area contributed by atoms with Gasteiger partial charge in [0.05, 0.1) is 16.5 Å². The summed E-state index contributed by atoms with van der Waals surface area (Å²) in [5.41, 5.74) is 0.110. The number of likely N-dealkylation sites (tertiary alicyclic amines) is 1. The van der Waals surface area contributed by atoms with Crippen LogP contribution < -0.4 is 5.32 Å². The molecule has 4 amide bonds. The number of unbranched alkanes of at least 4 members (excludes halogenated alkanes) is 1. The highest BCUT2D eigenvalue weighted by molar-refractivity contribution is 6.21. The van der Waals surface area contributed by atoms with Gasteiger partial charge in [0, 0.05) is 26.2 Å². The van der Waals surface area contributed by atoms with E-state index in [2.05, 4.69) is 5.32 Å². The number of rotatable bonds is 6. The van der Waals surface area contributed by atoms with Crippen LogP contribution >= 0.6 is 0 Å². The first-order chi connectivity index (χ1) is 13.9. The van der Waals surface area contributed by atoms with Crippen molar-refractivity contribution in [3.05, 3.63) is 35.4 Å². The number of aliphatic carboxylic acids is 1. The Hall–Kier alpha value is -2.90. The number of urea groups is 1. The highest BCUT2D eigenvalue weighted by Crippen LogP contribution is 2.48. The lowest BCUT2D eigenvalue weighted by Gasteiger charge is -2.23. The molecule has 4 rings (SSSR count). The van der Waals surface area contributed by atoms with Crippen LogP contribution in [0.15, 0.2) is 24.3 Å². The molecule has 0 aromatic heterocycles. The summed E-state index contributed by atoms with van der Waals surface area (Å²) >= 11 is 0. The largest absolute Gasteiger partial charge is 0.481 e. The van der Waals surface area contributed by atoms with Crippen molar-refractivity contribution in [2.45, 2.75) is 32.1 Å². The van der Waals surface area contributed by atoms with E-state index in [1.807, 2.05) is 0 Å². The summed E-state index contributed by atoms with van der Waals surface area (Å²) in [4.78, 5) is 51.6. The van der Waals surface area contributed by atoms with Crippen molar-refractivity contribution in [1.82, 2.24) is 15.1 Å². The Kier molecular flexibility index (Phi) is 5.02. The zero-order chi connectivity index (χ0) is 20.6. The van der Waals surface area contributed by atoms with Crippen LogP contribution in [0.1, 0.15) is 52.8 Å². The van der Waals surface area contributed by atoms with Gasteiger partial charge in [-0.2, -0.15) is 0 Å². The zero-order valence-electron chi connectivity index (χ0n) is 16.2. The van der Waals surface area contributed by atoms with E-state index in [1.54, 1.807) is 29.2 Å². The summed E-state index contributed by atoms with van der Waals surface area (Å²) in [7, 11) is 0. The minimum Gasteiger partial charge on any atom is -0.481 e. The van der Waals surface area contributed by atoms with Crippen molar-refractivity contribution in [2.75, 3.05) is 26.2 Å². The van der Waals surface area contributed by atoms with Gasteiger partial charge in [-0.05, 0) is 43.7 Å². The maximum atomic E-state index is 12.4. The molecule has 2 fully saturated rings. The van der Waals surface area contributed by atoms with E-state index in [0.29, 0.717) is 50.0 Å². The van der Waals surface area contributed by atoms with Crippen LogP contribution in [0.4, 0.5) is 4.79 Å². The van der Waals surface area contributed by atoms with Gasteiger partial charge in [0.25, 0.3) is 11.8 Å². The number of hydrogen-bond donors (Lipinski definition) is 2. The number of nitrogens with zero attached hydrogens (tertiary/aromatic N) is 2. The van der Waals surface area contributed by atoms with Crippen LogP contribution in [0.3, 0.4) is 0 Å². The van der Waals surface area contributed by atoms with E-state index in [9.17, 15) is 24.3 Å². The molecule has 3 aliphatic rings. The summed E-state index contributed by atoms with van der Waals surface area (Å²) < 4.78 is 0. The molecule has 154 valence electrons. The molecular weight excluding hydrogens is 374 g/mol. The summed E-state index contributed by atoms with van der Waals surface area (Å²) in [5, 5.41) is 12.5. The fraction of sp³-hybridized carbons (Fsp3) is 0.524. The maximum Gasteiger partial charge on any atom is 0.317 e. The summed E-state index contributed by atoms with van der Waals surface area (Å²) in [6.07, 6.45) is 3.62. The Morgan fingerprint density at radius 1 is 1.14 bits per heavy atom. The van der Waals surface area contributed by atoms with E-state index >= 15 is 0 Å². The average molecular weight is 399 g/mol. The Morgan fingerprint density at radius 3 is 2.45 bits per heavy atom. The summed E-state index contributed by atoms with van der Waals surface area (Å²) in [6.45, 7) is 1.50. The van der Waals surface area contributed by atoms with E-state index in [1.165, 1.54) is 4.90 Å². The first kappa shape index (κ1) is 19.4. The number of carbonyl (C=O) groups excluding carboxylic acids is 3. The maximum absolute atomic E-state index is 12.4. The van der Waals surface area contributed by atoms with E-state index in [-0.39, 0.29) is 30.3 Å². The number of carboxylic acid groups (broad SMARTS) is 1. The third kappa shape index (κ3) is 3.26. The topological polar surface area (TPSA) is 107 Å². The molecule has 1 aromatic carbocycles. The molecule has 29 heavy (non-hydrogen) atoms. The molecule has 0 unspecified atom stereocenters. The van der Waals surface area contributed by atoms with Crippen LogP contribution in [0.25, 0.3) is 0 Å². The standard InChI is InChI=1S/C21H25N3O5/c25-17-15-7-1-2-8-16(15)18(26)24(17)11-4-3-10-22-20(29)23-12-14-6-5-9-21(14,13-23)19(27)28/h1-2,7-8,14H,3-6,9-13H2,(H,22,29)(H,27,28)/t14-,21+/m0/s1. The van der Waals surface area contributed by atoms with Gasteiger partial charge in [-0.3, -0.25) is 19.3 Å². The molecular formula is C21H25N3O5. The first-order valence-electron chi connectivity index (χ1n) is 10.2. The SMILES string of the molecule is O=C(NCCCCN1C(=O)c2ccccc2C1=O)N1C[C@@H]2CCC[C@@]2(C(=O)O)C1. The van der Waals surface area contributed by atoms with Gasteiger partial charge in [0.15, 0.2) is 0 Å². The second kappa shape index (κ2) is 7.50. The number of hydrogen-bond acceptors (Lipinski definition) is 4. The Balaban J connectivity index is 1.21. The predicted octanol–water partition coefficient (Wildman–Crippen LogP) is 1.96. The van der Waals surface area contributed by atoms with Crippen LogP contribution in [0.2, 0.25) is 0 Å². The van der Waals surface area contributed by atoms with Crippen molar-refractivity contribution in [3.63, 3.8) is 0 Å². The first-order valence-corrected chi connectivity index (χ1v) is 10.2. The molecule has 1 aliphatic carbocycles. The van der Waals surface area contributed by atoms with E-state index in [4.69, 9.17) is 0 Å². The van der Waals surface area contributed by atoms with Gasteiger partial charge in [-0.15, -0.1) is 0 Å². The Morgan fingerprint density at radius 2 is 1.83 bits per heavy atom. The van der Waals surface area contributed by atoms with Crippen LogP contribution in [0.5, 0.6) is 0 Å². The molecule has 8 heteroatoms. The lowest BCUT2D eigenvalue weighted by atomic mass is 9.81. The number of carbonyl (C=O) groups is 4. The second-order valence-electron chi connectivity index (χ2n) is 8.18. The van der Waals surface area contributed by atoms with Gasteiger partial charge in [0.2, 0.25) is 0 Å². The summed E-state index contributed by atoms with van der Waals surface area (Å²) in [5.74, 6) is -1.29. The normalized spacial score (nSPS) is 25.3. The highest BCUT2D eigenvalue weighted by atomic mass is 16.4. The lowest BCUT2D eigenvalue weighted by molar-refractivity contribution is -0.149. The molecule has 2 atom stereocenters. The molecule has 2 N–H and O–H groups in total. The molecule has 2 heterocycles. The van der Waals surface area contributed by atoms with Gasteiger partial charge < -0.3 is 15.3 Å². The second-order valence-corrected chi connectivity index (χ2v) is 8.18. The number of carboxylic acids is 1. The smallest absolute Gasteiger partial charge is 0.317 e. The Bertz CT molecular complexity index is 835. The van der Waals surface area contributed by atoms with E-state index in [0.717, 1.165) is 12.8 Å². The van der Waals surface area contributed by atoms with Gasteiger partial charge in [-0.25, -0.2) is 4.79 Å². The molecule has 1 aromatic rings. The number of benzene rings is 1. The molecule has 1 saturated carbocycles. The molecule has 0 radical (unpaired) electrons. The van der Waals surface area contributed by atoms with Gasteiger partial charge in [0.1, 0.15) is 0 Å². The number of amides is 4. The quantitative estimate of drug-likeness (QED) is 0.562. The molecule has 0 bridgehead atoms. The van der Waals surface area contributed by atoms with Crippen LogP contribution in [0, 0.1) is 11.3 Å². The molecule has 8 nitrogen and oxygen atoms in total. The monoisotopic (exact) mass is 399 g/mol. The van der Waals surface area contributed by atoms with Crippen LogP contribution in [-0.2, 0) is 4.79 Å². The molecule has 0 spiro atoms. The number of fused-ring (bicyclic) bond motifs is 2. The number of nitrogens with one attached hydrogen (secondary N) is 1. The lowest BCUT2D eigenvalue weighted by Crippen LogP contribution is -2.42. The minimum atomic E-state index is -0.795. The highest BCUT2D eigenvalue weighted by Gasteiger charge is 2.55. The third-order valence-electron chi connectivity index (χ3n) is 6.55. The molecule has 2 aliphatic heterocycles. The minimum absolute atomic E-state index is 0.0413. The fourth-order valence-corrected chi connectivity index (χ4v) is 4.94. The summed E-state index contributed by atoms with van der Waals surface area (Å²) in [6, 6.07) is 6.56. The van der Waals surface area contributed by atoms with E-state index < -0.39 is 11.4 Å². The fourth-order valence-electron chi connectivity index (χ4n) is 4.94. The van der Waals surface area contributed by atoms with Crippen molar-refractivity contribution in [1.29, 1.82) is 0 Å². The molecule has 1 saturated heterocycles. The van der Waals surface area contributed by atoms with Crippen LogP contribution in [-0.4, -0.2) is 64.9 Å². The van der Waals surface area contributed by atoms with Crippen molar-refractivity contribution < 1.29 is 24.3 Å². The van der Waals surface area contributed by atoms with Gasteiger partial charge in [-0.1, -0.05) is 18.6 Å². The zero-order valence-corrected chi connectivity index (χ0v) is 16.2. The van der Waals surface area contributed by atoms with Crippen molar-refractivity contribution >= 4 is 23.8 Å². The Labute approximate surface area is 168 Å². The third-order valence-corrected chi connectivity index (χ3v) is 6.55. The van der Waals surface area contributed by atoms with Crippen molar-refractivity contribution in [2.24, 2.45) is 11.3 Å². The van der Waals surface area contributed by atoms with Crippen molar-refractivity contribution in [3.8, 4) is 0 Å². The predicted molar refractivity (Wildman–Crippen MR) is 103 cm³/mol.